The molecule has 21 heavy (non-hydrogen) atoms. The molecule has 0 spiro atoms. The zero-order valence-electron chi connectivity index (χ0n) is 13.8. The van der Waals surface area contributed by atoms with E-state index >= 15 is 0 Å². The number of β-amino-alcohol motifs (C(OH)–C–C–N with tert-alkyl or cyclic N) is 1. The molecule has 1 N–H and O–H groups in total. The summed E-state index contributed by atoms with van der Waals surface area (Å²) < 4.78 is 5.31. The number of nitrogens with zero attached hydrogens (tertiary/aromatic N) is 2. The molecule has 2 heterocycles. The lowest BCUT2D eigenvalue weighted by Gasteiger charge is -2.36. The van der Waals surface area contributed by atoms with Crippen LogP contribution in [0.1, 0.15) is 45.4 Å². The summed E-state index contributed by atoms with van der Waals surface area (Å²) in [7, 11) is 0. The van der Waals surface area contributed by atoms with Crippen molar-refractivity contribution in [1.82, 2.24) is 9.80 Å². The molecule has 4 nitrogen and oxygen atoms in total. The third-order valence-corrected chi connectivity index (χ3v) is 4.80. The number of hydrogen-bond donors (Lipinski definition) is 1. The van der Waals surface area contributed by atoms with Crippen LogP contribution >= 0.6 is 0 Å². The lowest BCUT2D eigenvalue weighted by atomic mass is 9.97. The van der Waals surface area contributed by atoms with Crippen molar-refractivity contribution in [3.8, 4) is 0 Å². The van der Waals surface area contributed by atoms with Crippen molar-refractivity contribution in [3.05, 3.63) is 0 Å². The van der Waals surface area contributed by atoms with Crippen molar-refractivity contribution < 1.29 is 9.84 Å². The highest BCUT2D eigenvalue weighted by molar-refractivity contribution is 4.78. The summed E-state index contributed by atoms with van der Waals surface area (Å²) in [6.45, 7) is 10.1. The Balaban J connectivity index is 1.69. The molecule has 0 radical (unpaired) electrons. The summed E-state index contributed by atoms with van der Waals surface area (Å²) >= 11 is 0. The Kier molecular flexibility index (Phi) is 8.01. The molecule has 2 aliphatic heterocycles. The van der Waals surface area contributed by atoms with Gasteiger partial charge in [-0.15, -0.1) is 0 Å². The maximum atomic E-state index is 10.0. The smallest absolute Gasteiger partial charge is 0.0900 e. The number of aliphatic hydroxyl groups excluding tert-OH is 1. The highest BCUT2D eigenvalue weighted by Gasteiger charge is 2.23. The van der Waals surface area contributed by atoms with E-state index in [0.717, 1.165) is 25.6 Å². The van der Waals surface area contributed by atoms with Crippen LogP contribution in [0.5, 0.6) is 0 Å². The van der Waals surface area contributed by atoms with Crippen molar-refractivity contribution in [2.24, 2.45) is 5.92 Å². The molecule has 0 saturated carbocycles. The summed E-state index contributed by atoms with van der Waals surface area (Å²) in [5.41, 5.74) is 0. The Hall–Kier alpha value is -0.160. The second kappa shape index (κ2) is 9.78. The van der Waals surface area contributed by atoms with Crippen LogP contribution in [0, 0.1) is 5.92 Å². The van der Waals surface area contributed by atoms with Gasteiger partial charge in [0.25, 0.3) is 0 Å². The second-order valence-corrected chi connectivity index (χ2v) is 6.80. The SMILES string of the molecule is CCOCC(O)CN1CCCC(CN2CCCCCC2)C1. The average molecular weight is 298 g/mol. The Bertz CT molecular complexity index is 268. The molecule has 0 aromatic rings. The molecule has 2 fully saturated rings. The first-order chi connectivity index (χ1) is 10.3. The number of likely N-dealkylation sites (tertiary alicyclic amines) is 2. The van der Waals surface area contributed by atoms with Crippen molar-refractivity contribution >= 4 is 0 Å². The van der Waals surface area contributed by atoms with Gasteiger partial charge in [-0.05, 0) is 58.2 Å². The van der Waals surface area contributed by atoms with Crippen LogP contribution in [0.25, 0.3) is 0 Å². The lowest BCUT2D eigenvalue weighted by molar-refractivity contribution is 0.0108. The van der Waals surface area contributed by atoms with Gasteiger partial charge in [-0.3, -0.25) is 0 Å². The number of hydrogen-bond acceptors (Lipinski definition) is 4. The van der Waals surface area contributed by atoms with E-state index in [9.17, 15) is 5.11 Å². The summed E-state index contributed by atoms with van der Waals surface area (Å²) in [4.78, 5) is 5.12. The lowest BCUT2D eigenvalue weighted by Crippen LogP contribution is -2.44. The predicted octanol–water partition coefficient (Wildman–Crippen LogP) is 1.97. The second-order valence-electron chi connectivity index (χ2n) is 6.80. The van der Waals surface area contributed by atoms with Gasteiger partial charge in [-0.1, -0.05) is 12.8 Å². The third kappa shape index (κ3) is 6.64. The molecule has 0 bridgehead atoms. The maximum absolute atomic E-state index is 10.0. The van der Waals surface area contributed by atoms with Gasteiger partial charge in [0.1, 0.15) is 0 Å². The van der Waals surface area contributed by atoms with Crippen LogP contribution in [0.3, 0.4) is 0 Å². The van der Waals surface area contributed by atoms with E-state index in [2.05, 4.69) is 9.80 Å². The molecular weight excluding hydrogens is 264 g/mol. The standard InChI is InChI=1S/C17H34N2O2/c1-2-21-15-17(20)14-19-11-7-8-16(13-19)12-18-9-5-3-4-6-10-18/h16-17,20H,2-15H2,1H3. The Morgan fingerprint density at radius 3 is 2.48 bits per heavy atom. The van der Waals surface area contributed by atoms with Gasteiger partial charge in [0.05, 0.1) is 12.7 Å². The first-order valence-corrected chi connectivity index (χ1v) is 8.98. The molecule has 0 amide bonds. The Labute approximate surface area is 130 Å². The fourth-order valence-electron chi connectivity index (χ4n) is 3.75. The molecule has 2 rings (SSSR count). The van der Waals surface area contributed by atoms with Crippen LogP contribution in [0.2, 0.25) is 0 Å². The van der Waals surface area contributed by atoms with E-state index < -0.39 is 0 Å². The quantitative estimate of drug-likeness (QED) is 0.779. The average Bonchev–Trinajstić information content (AvgIpc) is 2.74. The first kappa shape index (κ1) is 17.2. The van der Waals surface area contributed by atoms with E-state index in [0.29, 0.717) is 13.2 Å². The van der Waals surface area contributed by atoms with Gasteiger partial charge in [0.15, 0.2) is 0 Å². The highest BCUT2D eigenvalue weighted by atomic mass is 16.5. The van der Waals surface area contributed by atoms with E-state index in [4.69, 9.17) is 4.74 Å². The zero-order chi connectivity index (χ0) is 14.9. The highest BCUT2D eigenvalue weighted by Crippen LogP contribution is 2.20. The minimum absolute atomic E-state index is 0.332. The van der Waals surface area contributed by atoms with Crippen LogP contribution in [-0.2, 0) is 4.74 Å². The number of aliphatic hydroxyl groups is 1. The van der Waals surface area contributed by atoms with E-state index in [1.54, 1.807) is 0 Å². The fraction of sp³-hybridized carbons (Fsp3) is 1.00. The van der Waals surface area contributed by atoms with Crippen molar-refractivity contribution in [2.45, 2.75) is 51.6 Å². The van der Waals surface area contributed by atoms with Crippen LogP contribution in [0.15, 0.2) is 0 Å². The number of ether oxygens (including phenoxy) is 1. The predicted molar refractivity (Wildman–Crippen MR) is 86.6 cm³/mol. The van der Waals surface area contributed by atoms with Crippen molar-refractivity contribution in [1.29, 1.82) is 0 Å². The molecule has 124 valence electrons. The normalized spacial score (nSPS) is 27.4. The largest absolute Gasteiger partial charge is 0.389 e. The Morgan fingerprint density at radius 1 is 1.05 bits per heavy atom. The molecular formula is C17H34N2O2. The fourth-order valence-corrected chi connectivity index (χ4v) is 3.75. The topological polar surface area (TPSA) is 35.9 Å². The van der Waals surface area contributed by atoms with E-state index in [1.807, 2.05) is 6.92 Å². The molecule has 0 aliphatic carbocycles. The molecule has 0 aromatic heterocycles. The molecule has 2 atom stereocenters. The minimum Gasteiger partial charge on any atom is -0.389 e. The number of rotatable bonds is 7. The van der Waals surface area contributed by atoms with Gasteiger partial charge in [0, 0.05) is 26.2 Å². The molecule has 0 aromatic carbocycles. The third-order valence-electron chi connectivity index (χ3n) is 4.80. The zero-order valence-corrected chi connectivity index (χ0v) is 13.8. The minimum atomic E-state index is -0.332. The van der Waals surface area contributed by atoms with Gasteiger partial charge in [-0.2, -0.15) is 0 Å². The van der Waals surface area contributed by atoms with Gasteiger partial charge >= 0.3 is 0 Å². The Morgan fingerprint density at radius 2 is 1.76 bits per heavy atom. The van der Waals surface area contributed by atoms with Gasteiger partial charge in [0.2, 0.25) is 0 Å². The van der Waals surface area contributed by atoms with Crippen LogP contribution < -0.4 is 0 Å². The molecule has 4 heteroatoms. The van der Waals surface area contributed by atoms with Crippen LogP contribution in [-0.4, -0.2) is 73.5 Å². The van der Waals surface area contributed by atoms with E-state index in [1.165, 1.54) is 58.2 Å². The number of piperidine rings is 1. The summed E-state index contributed by atoms with van der Waals surface area (Å²) in [5, 5.41) is 10.0. The molecule has 2 unspecified atom stereocenters. The van der Waals surface area contributed by atoms with Crippen LogP contribution in [0.4, 0.5) is 0 Å². The van der Waals surface area contributed by atoms with Crippen molar-refractivity contribution in [3.63, 3.8) is 0 Å². The van der Waals surface area contributed by atoms with E-state index in [-0.39, 0.29) is 6.10 Å². The monoisotopic (exact) mass is 298 g/mol. The maximum Gasteiger partial charge on any atom is 0.0900 e. The van der Waals surface area contributed by atoms with Crippen molar-refractivity contribution in [2.75, 3.05) is 52.5 Å². The summed E-state index contributed by atoms with van der Waals surface area (Å²) in [5.74, 6) is 0.788. The summed E-state index contributed by atoms with van der Waals surface area (Å²) in [6, 6.07) is 0. The summed E-state index contributed by atoms with van der Waals surface area (Å²) in [6.07, 6.45) is 7.89. The van der Waals surface area contributed by atoms with Gasteiger partial charge in [-0.25, -0.2) is 0 Å². The molecule has 2 saturated heterocycles. The van der Waals surface area contributed by atoms with Gasteiger partial charge < -0.3 is 19.6 Å². The first-order valence-electron chi connectivity index (χ1n) is 8.98. The molecule has 2 aliphatic rings.